The number of carbonyl (C=O) groups is 1. The minimum Gasteiger partial charge on any atom is -0.393 e. The summed E-state index contributed by atoms with van der Waals surface area (Å²) in [5, 5.41) is 9.23. The maximum Gasteiger partial charge on any atom is 0.342 e. The van der Waals surface area contributed by atoms with Crippen molar-refractivity contribution in [1.82, 2.24) is 0 Å². The van der Waals surface area contributed by atoms with Crippen LogP contribution in [0, 0.1) is 11.3 Å². The van der Waals surface area contributed by atoms with E-state index < -0.39 is 0 Å². The Morgan fingerprint density at radius 2 is 1.57 bits per heavy atom. The van der Waals surface area contributed by atoms with E-state index in [0.717, 1.165) is 12.8 Å². The smallest absolute Gasteiger partial charge is 0.342 e. The Morgan fingerprint density at radius 1 is 1.00 bits per heavy atom. The summed E-state index contributed by atoms with van der Waals surface area (Å²) in [6, 6.07) is 0. The van der Waals surface area contributed by atoms with Crippen LogP contribution in [-0.2, 0) is 14.6 Å². The second kappa shape index (κ2) is 12.8. The standard InChI is InChI=1S/C19H38O4/c1-16(14-17(2)20)15-22-23-18(21)12-10-8-6-7-9-11-13-19(3,4)5/h16-17,20H,6-15H2,1-5H3. The monoisotopic (exact) mass is 330 g/mol. The van der Waals surface area contributed by atoms with E-state index in [0.29, 0.717) is 24.9 Å². The molecule has 4 heteroatoms. The van der Waals surface area contributed by atoms with Gasteiger partial charge in [-0.25, -0.2) is 4.79 Å². The van der Waals surface area contributed by atoms with Crippen molar-refractivity contribution in [2.24, 2.45) is 11.3 Å². The molecule has 138 valence electrons. The minimum absolute atomic E-state index is 0.177. The lowest BCUT2D eigenvalue weighted by atomic mass is 9.89. The van der Waals surface area contributed by atoms with E-state index in [1.807, 2.05) is 6.92 Å². The summed E-state index contributed by atoms with van der Waals surface area (Å²) in [6.07, 6.45) is 8.95. The zero-order valence-electron chi connectivity index (χ0n) is 15.9. The van der Waals surface area contributed by atoms with Crippen LogP contribution in [-0.4, -0.2) is 23.8 Å². The first-order chi connectivity index (χ1) is 10.7. The van der Waals surface area contributed by atoms with E-state index in [4.69, 9.17) is 9.78 Å². The van der Waals surface area contributed by atoms with Gasteiger partial charge in [-0.15, -0.1) is 0 Å². The van der Waals surface area contributed by atoms with E-state index in [-0.39, 0.29) is 18.0 Å². The number of unbranched alkanes of at least 4 members (excludes halogenated alkanes) is 5. The molecule has 0 rings (SSSR count). The van der Waals surface area contributed by atoms with Gasteiger partial charge in [0.25, 0.3) is 0 Å². The fourth-order valence-electron chi connectivity index (χ4n) is 2.54. The summed E-state index contributed by atoms with van der Waals surface area (Å²) in [5.74, 6) is -0.113. The average Bonchev–Trinajstić information content (AvgIpc) is 2.39. The zero-order chi connectivity index (χ0) is 17.7. The molecular formula is C19H38O4. The maximum atomic E-state index is 11.5. The molecule has 0 bridgehead atoms. The van der Waals surface area contributed by atoms with Crippen LogP contribution in [0.4, 0.5) is 0 Å². The van der Waals surface area contributed by atoms with Gasteiger partial charge in [0.15, 0.2) is 0 Å². The molecule has 0 amide bonds. The van der Waals surface area contributed by atoms with E-state index in [1.54, 1.807) is 6.92 Å². The van der Waals surface area contributed by atoms with Crippen molar-refractivity contribution in [1.29, 1.82) is 0 Å². The van der Waals surface area contributed by atoms with Crippen molar-refractivity contribution in [2.75, 3.05) is 6.61 Å². The van der Waals surface area contributed by atoms with Gasteiger partial charge in [-0.1, -0.05) is 59.8 Å². The van der Waals surface area contributed by atoms with Crippen molar-refractivity contribution in [3.05, 3.63) is 0 Å². The summed E-state index contributed by atoms with van der Waals surface area (Å²) in [5.41, 5.74) is 0.441. The first-order valence-corrected chi connectivity index (χ1v) is 9.21. The van der Waals surface area contributed by atoms with Crippen LogP contribution in [0.5, 0.6) is 0 Å². The Morgan fingerprint density at radius 3 is 2.13 bits per heavy atom. The lowest BCUT2D eigenvalue weighted by molar-refractivity contribution is -0.278. The molecule has 0 aliphatic heterocycles. The van der Waals surface area contributed by atoms with E-state index in [1.165, 1.54) is 32.1 Å². The normalized spacial score (nSPS) is 14.5. The highest BCUT2D eigenvalue weighted by molar-refractivity contribution is 5.68. The second-order valence-corrected chi connectivity index (χ2v) is 8.11. The summed E-state index contributed by atoms with van der Waals surface area (Å²) >= 11 is 0. The predicted molar refractivity (Wildman–Crippen MR) is 93.9 cm³/mol. The third-order valence-electron chi connectivity index (χ3n) is 3.81. The Labute approximate surface area is 142 Å². The molecule has 0 fully saturated rings. The van der Waals surface area contributed by atoms with Gasteiger partial charge >= 0.3 is 5.97 Å². The van der Waals surface area contributed by atoms with Crippen LogP contribution in [0.2, 0.25) is 0 Å². The molecule has 0 aromatic carbocycles. The van der Waals surface area contributed by atoms with Crippen molar-refractivity contribution < 1.29 is 19.7 Å². The molecule has 4 nitrogen and oxygen atoms in total. The fourth-order valence-corrected chi connectivity index (χ4v) is 2.54. The molecule has 0 saturated carbocycles. The molecule has 0 aromatic heterocycles. The molecule has 2 atom stereocenters. The minimum atomic E-state index is -0.354. The summed E-state index contributed by atoms with van der Waals surface area (Å²) in [7, 11) is 0. The van der Waals surface area contributed by atoms with Crippen LogP contribution in [0.25, 0.3) is 0 Å². The topological polar surface area (TPSA) is 55.8 Å². The van der Waals surface area contributed by atoms with Crippen LogP contribution < -0.4 is 0 Å². The number of aliphatic hydroxyl groups is 1. The Hall–Kier alpha value is -0.610. The Balaban J connectivity index is 3.37. The van der Waals surface area contributed by atoms with Gasteiger partial charge in [-0.2, -0.15) is 4.89 Å². The Kier molecular flexibility index (Phi) is 12.4. The van der Waals surface area contributed by atoms with Crippen LogP contribution in [0.1, 0.15) is 92.4 Å². The highest BCUT2D eigenvalue weighted by Crippen LogP contribution is 2.22. The van der Waals surface area contributed by atoms with Crippen molar-refractivity contribution >= 4 is 5.97 Å². The molecule has 0 radical (unpaired) electrons. The second-order valence-electron chi connectivity index (χ2n) is 8.11. The van der Waals surface area contributed by atoms with Crippen LogP contribution >= 0.6 is 0 Å². The first-order valence-electron chi connectivity index (χ1n) is 9.21. The average molecular weight is 331 g/mol. The molecule has 0 aliphatic carbocycles. The van der Waals surface area contributed by atoms with E-state index >= 15 is 0 Å². The first kappa shape index (κ1) is 22.4. The molecule has 0 heterocycles. The maximum absolute atomic E-state index is 11.5. The van der Waals surface area contributed by atoms with Crippen LogP contribution in [0.3, 0.4) is 0 Å². The lowest BCUT2D eigenvalue weighted by Crippen LogP contribution is -2.15. The molecule has 0 aliphatic rings. The molecule has 1 N–H and O–H groups in total. The quantitative estimate of drug-likeness (QED) is 0.292. The van der Waals surface area contributed by atoms with Gasteiger partial charge < -0.3 is 5.11 Å². The molecule has 2 unspecified atom stereocenters. The molecule has 0 aromatic rings. The zero-order valence-corrected chi connectivity index (χ0v) is 15.9. The van der Waals surface area contributed by atoms with E-state index in [2.05, 4.69) is 20.8 Å². The summed E-state index contributed by atoms with van der Waals surface area (Å²) < 4.78 is 0. The number of hydrogen-bond donors (Lipinski definition) is 1. The molecule has 0 spiro atoms. The van der Waals surface area contributed by atoms with Crippen LogP contribution in [0.15, 0.2) is 0 Å². The van der Waals surface area contributed by atoms with Gasteiger partial charge in [-0.3, -0.25) is 4.89 Å². The predicted octanol–water partition coefficient (Wildman–Crippen LogP) is 5.04. The number of rotatable bonds is 13. The molecule has 0 saturated heterocycles. The van der Waals surface area contributed by atoms with Gasteiger partial charge in [0, 0.05) is 6.42 Å². The largest absolute Gasteiger partial charge is 0.393 e. The third kappa shape index (κ3) is 17.6. The van der Waals surface area contributed by atoms with Gasteiger partial charge in [0.05, 0.1) is 12.7 Å². The third-order valence-corrected chi connectivity index (χ3v) is 3.81. The Bertz CT molecular complexity index is 294. The summed E-state index contributed by atoms with van der Waals surface area (Å²) in [6.45, 7) is 10.9. The fraction of sp³-hybridized carbons (Fsp3) is 0.947. The highest BCUT2D eigenvalue weighted by atomic mass is 17.2. The summed E-state index contributed by atoms with van der Waals surface area (Å²) in [4.78, 5) is 21.2. The lowest BCUT2D eigenvalue weighted by Gasteiger charge is -2.17. The van der Waals surface area contributed by atoms with Crippen molar-refractivity contribution in [3.8, 4) is 0 Å². The SMILES string of the molecule is CC(O)CC(C)COOC(=O)CCCCCCCCC(C)(C)C. The van der Waals surface area contributed by atoms with E-state index in [9.17, 15) is 9.90 Å². The van der Waals surface area contributed by atoms with Gasteiger partial charge in [0.1, 0.15) is 0 Å². The number of hydrogen-bond acceptors (Lipinski definition) is 4. The molecule has 23 heavy (non-hydrogen) atoms. The van der Waals surface area contributed by atoms with Crippen molar-refractivity contribution in [3.63, 3.8) is 0 Å². The number of carbonyl (C=O) groups excluding carboxylic acids is 1. The molecular weight excluding hydrogens is 292 g/mol. The van der Waals surface area contributed by atoms with Crippen molar-refractivity contribution in [2.45, 2.75) is 98.5 Å². The highest BCUT2D eigenvalue weighted by Gasteiger charge is 2.10. The van der Waals surface area contributed by atoms with Gasteiger partial charge in [-0.05, 0) is 37.5 Å². The van der Waals surface area contributed by atoms with Gasteiger partial charge in [0.2, 0.25) is 0 Å². The number of aliphatic hydroxyl groups excluding tert-OH is 1.